The van der Waals surface area contributed by atoms with Crippen LogP contribution >= 0.6 is 0 Å². The van der Waals surface area contributed by atoms with Crippen molar-refractivity contribution in [2.75, 3.05) is 40.5 Å². The lowest BCUT2D eigenvalue weighted by atomic mass is 10.1. The summed E-state index contributed by atoms with van der Waals surface area (Å²) in [7, 11) is 2.61. The number of esters is 1. The summed E-state index contributed by atoms with van der Waals surface area (Å²) in [6.45, 7) is 5.49. The van der Waals surface area contributed by atoms with E-state index in [0.29, 0.717) is 6.54 Å². The van der Waals surface area contributed by atoms with Crippen molar-refractivity contribution in [3.8, 4) is 0 Å². The largest absolute Gasteiger partial charge is 0.467 e. The second-order valence-corrected chi connectivity index (χ2v) is 6.34. The van der Waals surface area contributed by atoms with Crippen molar-refractivity contribution in [1.82, 2.24) is 20.4 Å². The highest BCUT2D eigenvalue weighted by atomic mass is 16.5. The first kappa shape index (κ1) is 21.7. The van der Waals surface area contributed by atoms with Gasteiger partial charge in [-0.05, 0) is 20.8 Å². The molecule has 0 aromatic heterocycles. The number of amides is 4. The molecule has 0 saturated carbocycles. The Bertz CT molecular complexity index is 539. The van der Waals surface area contributed by atoms with Gasteiger partial charge in [-0.2, -0.15) is 0 Å². The van der Waals surface area contributed by atoms with Gasteiger partial charge in [-0.1, -0.05) is 0 Å². The fraction of sp³-hybridized carbons (Fsp3) is 0.750. The molecule has 10 nitrogen and oxygen atoms in total. The van der Waals surface area contributed by atoms with Gasteiger partial charge in [0.05, 0.1) is 13.7 Å². The van der Waals surface area contributed by atoms with Gasteiger partial charge in [0.1, 0.15) is 18.7 Å². The zero-order chi connectivity index (χ0) is 19.9. The molecule has 1 saturated heterocycles. The number of methoxy groups -OCH3 is 2. The van der Waals surface area contributed by atoms with Gasteiger partial charge in [0.2, 0.25) is 11.8 Å². The van der Waals surface area contributed by atoms with Crippen LogP contribution in [0.5, 0.6) is 0 Å². The average molecular weight is 372 g/mol. The lowest BCUT2D eigenvalue weighted by molar-refractivity contribution is -0.149. The topological polar surface area (TPSA) is 117 Å². The van der Waals surface area contributed by atoms with E-state index in [1.165, 1.54) is 30.9 Å². The standard InChI is InChI=1S/C16H28N4O6/c1-10(2)17-16(24)19-6-7-20(13(21)9-25-4)12(8-19)14(22)18-11(3)15(23)26-5/h10-12H,6-9H2,1-5H3,(H,17,24)(H,18,22). The van der Waals surface area contributed by atoms with Gasteiger partial charge in [0.25, 0.3) is 0 Å². The van der Waals surface area contributed by atoms with Crippen molar-refractivity contribution < 1.29 is 28.7 Å². The van der Waals surface area contributed by atoms with Crippen LogP contribution < -0.4 is 10.6 Å². The van der Waals surface area contributed by atoms with E-state index >= 15 is 0 Å². The Kier molecular flexibility index (Phi) is 8.30. The van der Waals surface area contributed by atoms with E-state index in [4.69, 9.17) is 4.74 Å². The number of ether oxygens (including phenoxy) is 2. The SMILES string of the molecule is COCC(=O)N1CCN(C(=O)NC(C)C)CC1C(=O)NC(C)C(=O)OC. The molecule has 0 bridgehead atoms. The average Bonchev–Trinajstić information content (AvgIpc) is 2.59. The molecule has 0 aliphatic carbocycles. The van der Waals surface area contributed by atoms with E-state index < -0.39 is 24.0 Å². The second-order valence-electron chi connectivity index (χ2n) is 6.34. The lowest BCUT2D eigenvalue weighted by Crippen LogP contribution is -2.64. The third kappa shape index (κ3) is 5.87. The second kappa shape index (κ2) is 9.95. The maximum atomic E-state index is 12.6. The van der Waals surface area contributed by atoms with Gasteiger partial charge < -0.3 is 29.9 Å². The predicted molar refractivity (Wildman–Crippen MR) is 92.2 cm³/mol. The summed E-state index contributed by atoms with van der Waals surface area (Å²) >= 11 is 0. The molecule has 1 aliphatic heterocycles. The highest BCUT2D eigenvalue weighted by molar-refractivity contribution is 5.92. The van der Waals surface area contributed by atoms with Crippen molar-refractivity contribution in [2.45, 2.75) is 38.9 Å². The van der Waals surface area contributed by atoms with Crippen LogP contribution in [0.15, 0.2) is 0 Å². The molecule has 4 amide bonds. The summed E-state index contributed by atoms with van der Waals surface area (Å²) in [6, 6.07) is -2.15. The first-order valence-electron chi connectivity index (χ1n) is 8.43. The number of nitrogens with zero attached hydrogens (tertiary/aromatic N) is 2. The summed E-state index contributed by atoms with van der Waals surface area (Å²) in [5.74, 6) is -1.49. The van der Waals surface area contributed by atoms with Crippen molar-refractivity contribution in [2.24, 2.45) is 0 Å². The zero-order valence-electron chi connectivity index (χ0n) is 15.9. The third-order valence-electron chi connectivity index (χ3n) is 3.88. The van der Waals surface area contributed by atoms with Crippen LogP contribution in [0.25, 0.3) is 0 Å². The molecule has 1 rings (SSSR count). The highest BCUT2D eigenvalue weighted by Gasteiger charge is 2.37. The highest BCUT2D eigenvalue weighted by Crippen LogP contribution is 2.12. The van der Waals surface area contributed by atoms with Crippen LogP contribution in [0.2, 0.25) is 0 Å². The molecule has 2 unspecified atom stereocenters. The van der Waals surface area contributed by atoms with Crippen LogP contribution in [0.1, 0.15) is 20.8 Å². The fourth-order valence-electron chi connectivity index (χ4n) is 2.58. The molecule has 1 aliphatic rings. The first-order chi connectivity index (χ1) is 12.2. The number of piperazine rings is 1. The Morgan fingerprint density at radius 2 is 1.73 bits per heavy atom. The van der Waals surface area contributed by atoms with Crippen LogP contribution in [-0.4, -0.2) is 92.2 Å². The molecule has 0 radical (unpaired) electrons. The van der Waals surface area contributed by atoms with E-state index in [1.54, 1.807) is 0 Å². The third-order valence-corrected chi connectivity index (χ3v) is 3.88. The molecule has 10 heteroatoms. The van der Waals surface area contributed by atoms with Gasteiger partial charge in [-0.3, -0.25) is 9.59 Å². The number of carbonyl (C=O) groups excluding carboxylic acids is 4. The number of urea groups is 1. The van der Waals surface area contributed by atoms with Crippen LogP contribution in [0, 0.1) is 0 Å². The number of hydrogen-bond acceptors (Lipinski definition) is 6. The molecular weight excluding hydrogens is 344 g/mol. The van der Waals surface area contributed by atoms with E-state index in [9.17, 15) is 19.2 Å². The number of rotatable bonds is 6. The van der Waals surface area contributed by atoms with Crippen LogP contribution in [0.4, 0.5) is 4.79 Å². The Labute approximate surface area is 153 Å². The summed E-state index contributed by atoms with van der Waals surface area (Å²) in [5.41, 5.74) is 0. The molecule has 0 aromatic carbocycles. The molecule has 1 fully saturated rings. The minimum absolute atomic E-state index is 0.0216. The molecule has 2 atom stereocenters. The van der Waals surface area contributed by atoms with Crippen LogP contribution in [0.3, 0.4) is 0 Å². The molecular formula is C16H28N4O6. The summed E-state index contributed by atoms with van der Waals surface area (Å²) in [6.07, 6.45) is 0. The Balaban J connectivity index is 2.91. The van der Waals surface area contributed by atoms with Crippen molar-refractivity contribution >= 4 is 23.8 Å². The monoisotopic (exact) mass is 372 g/mol. The molecule has 0 spiro atoms. The lowest BCUT2D eigenvalue weighted by Gasteiger charge is -2.40. The van der Waals surface area contributed by atoms with Gasteiger partial charge in [-0.25, -0.2) is 9.59 Å². The fourth-order valence-corrected chi connectivity index (χ4v) is 2.58. The number of carbonyl (C=O) groups is 4. The summed E-state index contributed by atoms with van der Waals surface area (Å²) in [5, 5.41) is 5.28. The minimum atomic E-state index is -0.920. The minimum Gasteiger partial charge on any atom is -0.467 e. The van der Waals surface area contributed by atoms with Gasteiger partial charge >= 0.3 is 12.0 Å². The molecule has 26 heavy (non-hydrogen) atoms. The Morgan fingerprint density at radius 1 is 1.08 bits per heavy atom. The molecule has 1 heterocycles. The van der Waals surface area contributed by atoms with Gasteiger partial charge in [0.15, 0.2) is 0 Å². The Morgan fingerprint density at radius 3 is 2.27 bits per heavy atom. The first-order valence-corrected chi connectivity index (χ1v) is 8.43. The predicted octanol–water partition coefficient (Wildman–Crippen LogP) is -1.06. The van der Waals surface area contributed by atoms with Crippen molar-refractivity contribution in [3.63, 3.8) is 0 Å². The van der Waals surface area contributed by atoms with E-state index in [2.05, 4.69) is 15.4 Å². The van der Waals surface area contributed by atoms with Crippen LogP contribution in [-0.2, 0) is 23.9 Å². The Hall–Kier alpha value is -2.36. The maximum absolute atomic E-state index is 12.6. The number of hydrogen-bond donors (Lipinski definition) is 2. The van der Waals surface area contributed by atoms with Crippen molar-refractivity contribution in [3.05, 3.63) is 0 Å². The van der Waals surface area contributed by atoms with Crippen molar-refractivity contribution in [1.29, 1.82) is 0 Å². The molecule has 2 N–H and O–H groups in total. The molecule has 0 aromatic rings. The zero-order valence-corrected chi connectivity index (χ0v) is 15.9. The summed E-state index contributed by atoms with van der Waals surface area (Å²) in [4.78, 5) is 51.5. The van der Waals surface area contributed by atoms with E-state index in [1.807, 2.05) is 13.8 Å². The van der Waals surface area contributed by atoms with Gasteiger partial charge in [0, 0.05) is 26.2 Å². The molecule has 148 valence electrons. The number of nitrogens with one attached hydrogen (secondary N) is 2. The van der Waals surface area contributed by atoms with E-state index in [-0.39, 0.29) is 37.7 Å². The van der Waals surface area contributed by atoms with E-state index in [0.717, 1.165) is 0 Å². The van der Waals surface area contributed by atoms with Gasteiger partial charge in [-0.15, -0.1) is 0 Å². The smallest absolute Gasteiger partial charge is 0.328 e. The summed E-state index contributed by atoms with van der Waals surface area (Å²) < 4.78 is 9.45. The quantitative estimate of drug-likeness (QED) is 0.574. The maximum Gasteiger partial charge on any atom is 0.328 e. The normalized spacial score (nSPS) is 18.3.